The molecule has 0 saturated carbocycles. The van der Waals surface area contributed by atoms with Crippen LogP contribution in [0.3, 0.4) is 0 Å². The van der Waals surface area contributed by atoms with Crippen molar-refractivity contribution in [3.05, 3.63) is 45.7 Å². The highest BCUT2D eigenvalue weighted by Gasteiger charge is 2.08. The number of ether oxygens (including phenoxy) is 1. The molecule has 0 aliphatic rings. The second-order valence-corrected chi connectivity index (χ2v) is 5.37. The number of nitrogens with two attached hydrogens (primary N) is 1. The van der Waals surface area contributed by atoms with Gasteiger partial charge in [0.15, 0.2) is 0 Å². The van der Waals surface area contributed by atoms with E-state index in [0.717, 1.165) is 12.1 Å². The predicted molar refractivity (Wildman–Crippen MR) is 75.1 cm³/mol. The number of rotatable bonds is 5. The van der Waals surface area contributed by atoms with Gasteiger partial charge in [0.2, 0.25) is 0 Å². The lowest BCUT2D eigenvalue weighted by molar-refractivity contribution is 0.320. The van der Waals surface area contributed by atoms with Gasteiger partial charge in [0.05, 0.1) is 17.8 Å². The van der Waals surface area contributed by atoms with Gasteiger partial charge in [0, 0.05) is 29.0 Å². The lowest BCUT2D eigenvalue weighted by atomic mass is 10.1. The summed E-state index contributed by atoms with van der Waals surface area (Å²) in [5.41, 5.74) is 9.02. The molecule has 0 saturated heterocycles. The molecule has 0 aliphatic carbocycles. The van der Waals surface area contributed by atoms with E-state index < -0.39 is 0 Å². The zero-order valence-electron chi connectivity index (χ0n) is 11.0. The molecule has 1 atom stereocenters. The fourth-order valence-corrected chi connectivity index (χ4v) is 2.56. The highest BCUT2D eigenvalue weighted by atomic mass is 32.1. The number of hydrogen-bond donors (Lipinski definition) is 1. The van der Waals surface area contributed by atoms with Gasteiger partial charge >= 0.3 is 0 Å². The predicted octanol–water partition coefficient (Wildman–Crippen LogP) is 3.23. The van der Waals surface area contributed by atoms with Crippen LogP contribution in [0.15, 0.2) is 23.7 Å². The SMILES string of the molecule is Cc1ncsc1CCOc1ccc([C@H](C)N)c(F)c1. The van der Waals surface area contributed by atoms with Crippen LogP contribution in [-0.4, -0.2) is 11.6 Å². The maximum absolute atomic E-state index is 13.7. The van der Waals surface area contributed by atoms with E-state index in [1.54, 1.807) is 30.4 Å². The van der Waals surface area contributed by atoms with Crippen LogP contribution in [0, 0.1) is 12.7 Å². The molecule has 0 amide bonds. The van der Waals surface area contributed by atoms with E-state index in [-0.39, 0.29) is 11.9 Å². The van der Waals surface area contributed by atoms with Crippen LogP contribution in [0.25, 0.3) is 0 Å². The Labute approximate surface area is 116 Å². The highest BCUT2D eigenvalue weighted by molar-refractivity contribution is 7.09. The minimum absolute atomic E-state index is 0.311. The third-order valence-electron chi connectivity index (χ3n) is 2.91. The molecule has 0 unspecified atom stereocenters. The Morgan fingerprint density at radius 2 is 2.26 bits per heavy atom. The first-order chi connectivity index (χ1) is 9.08. The monoisotopic (exact) mass is 280 g/mol. The summed E-state index contributed by atoms with van der Waals surface area (Å²) in [6.07, 6.45) is 0.785. The average Bonchev–Trinajstić information content (AvgIpc) is 2.75. The number of aryl methyl sites for hydroxylation is 1. The fourth-order valence-electron chi connectivity index (χ4n) is 1.79. The average molecular weight is 280 g/mol. The van der Waals surface area contributed by atoms with Gasteiger partial charge in [-0.05, 0) is 19.9 Å². The summed E-state index contributed by atoms with van der Waals surface area (Å²) in [6, 6.07) is 4.50. The molecule has 0 fully saturated rings. The molecule has 0 spiro atoms. The molecular formula is C14H17FN2OS. The second kappa shape index (κ2) is 6.12. The lowest BCUT2D eigenvalue weighted by Crippen LogP contribution is -2.08. The summed E-state index contributed by atoms with van der Waals surface area (Å²) in [7, 11) is 0. The first-order valence-corrected chi connectivity index (χ1v) is 7.02. The Hall–Kier alpha value is -1.46. The number of halogens is 1. The van der Waals surface area contributed by atoms with Crippen LogP contribution in [0.1, 0.15) is 29.1 Å². The molecule has 102 valence electrons. The van der Waals surface area contributed by atoms with Crippen molar-refractivity contribution in [1.29, 1.82) is 0 Å². The molecule has 0 aliphatic heterocycles. The van der Waals surface area contributed by atoms with E-state index in [1.165, 1.54) is 10.9 Å². The Morgan fingerprint density at radius 1 is 1.47 bits per heavy atom. The zero-order chi connectivity index (χ0) is 13.8. The minimum atomic E-state index is -0.318. The summed E-state index contributed by atoms with van der Waals surface area (Å²) >= 11 is 1.61. The van der Waals surface area contributed by atoms with Crippen LogP contribution in [0.4, 0.5) is 4.39 Å². The van der Waals surface area contributed by atoms with Gasteiger partial charge in [-0.2, -0.15) is 0 Å². The second-order valence-electron chi connectivity index (χ2n) is 4.43. The third-order valence-corrected chi connectivity index (χ3v) is 3.90. The molecular weight excluding hydrogens is 263 g/mol. The smallest absolute Gasteiger partial charge is 0.131 e. The van der Waals surface area contributed by atoms with Gasteiger partial charge in [-0.15, -0.1) is 11.3 Å². The van der Waals surface area contributed by atoms with Gasteiger partial charge < -0.3 is 10.5 Å². The number of nitrogens with zero attached hydrogens (tertiary/aromatic N) is 1. The Bertz CT molecular complexity index is 554. The van der Waals surface area contributed by atoms with E-state index in [4.69, 9.17) is 10.5 Å². The molecule has 0 bridgehead atoms. The Balaban J connectivity index is 1.93. The van der Waals surface area contributed by atoms with Crippen molar-refractivity contribution in [3.8, 4) is 5.75 Å². The van der Waals surface area contributed by atoms with Gasteiger partial charge in [-0.1, -0.05) is 6.07 Å². The topological polar surface area (TPSA) is 48.1 Å². The van der Waals surface area contributed by atoms with E-state index in [9.17, 15) is 4.39 Å². The summed E-state index contributed by atoms with van der Waals surface area (Å²) in [6.45, 7) is 4.24. The molecule has 0 radical (unpaired) electrons. The minimum Gasteiger partial charge on any atom is -0.493 e. The zero-order valence-corrected chi connectivity index (χ0v) is 11.8. The van der Waals surface area contributed by atoms with Crippen LogP contribution < -0.4 is 10.5 Å². The molecule has 1 heterocycles. The summed E-state index contributed by atoms with van der Waals surface area (Å²) < 4.78 is 19.2. The lowest BCUT2D eigenvalue weighted by Gasteiger charge is -2.10. The third kappa shape index (κ3) is 3.52. The summed E-state index contributed by atoms with van der Waals surface area (Å²) in [5, 5.41) is 0. The van der Waals surface area contributed by atoms with Gasteiger partial charge in [0.25, 0.3) is 0 Å². The molecule has 1 aromatic carbocycles. The first-order valence-electron chi connectivity index (χ1n) is 6.14. The molecule has 19 heavy (non-hydrogen) atoms. The molecule has 2 N–H and O–H groups in total. The quantitative estimate of drug-likeness (QED) is 0.914. The fraction of sp³-hybridized carbons (Fsp3) is 0.357. The van der Waals surface area contributed by atoms with Crippen molar-refractivity contribution >= 4 is 11.3 Å². The number of aromatic nitrogens is 1. The summed E-state index contributed by atoms with van der Waals surface area (Å²) in [5.74, 6) is 0.213. The summed E-state index contributed by atoms with van der Waals surface area (Å²) in [4.78, 5) is 5.38. The number of benzene rings is 1. The van der Waals surface area contributed by atoms with Crippen molar-refractivity contribution in [2.75, 3.05) is 6.61 Å². The van der Waals surface area contributed by atoms with Crippen molar-refractivity contribution < 1.29 is 9.13 Å². The first kappa shape index (κ1) is 14.0. The normalized spacial score (nSPS) is 12.4. The van der Waals surface area contributed by atoms with Crippen molar-refractivity contribution in [3.63, 3.8) is 0 Å². The van der Waals surface area contributed by atoms with E-state index >= 15 is 0 Å². The maximum Gasteiger partial charge on any atom is 0.131 e. The number of thiazole rings is 1. The van der Waals surface area contributed by atoms with Gasteiger partial charge in [0.1, 0.15) is 11.6 Å². The van der Waals surface area contributed by atoms with Gasteiger partial charge in [-0.25, -0.2) is 9.37 Å². The Kier molecular flexibility index (Phi) is 4.50. The molecule has 1 aromatic heterocycles. The van der Waals surface area contributed by atoms with E-state index in [2.05, 4.69) is 4.98 Å². The van der Waals surface area contributed by atoms with Gasteiger partial charge in [-0.3, -0.25) is 0 Å². The molecule has 5 heteroatoms. The van der Waals surface area contributed by atoms with E-state index in [0.29, 0.717) is 17.9 Å². The van der Waals surface area contributed by atoms with Crippen molar-refractivity contribution in [1.82, 2.24) is 4.98 Å². The molecule has 2 rings (SSSR count). The maximum atomic E-state index is 13.7. The van der Waals surface area contributed by atoms with Crippen LogP contribution in [0.2, 0.25) is 0 Å². The molecule has 2 aromatic rings. The Morgan fingerprint density at radius 3 is 2.84 bits per heavy atom. The largest absolute Gasteiger partial charge is 0.493 e. The van der Waals surface area contributed by atoms with Crippen molar-refractivity contribution in [2.45, 2.75) is 26.3 Å². The highest BCUT2D eigenvalue weighted by Crippen LogP contribution is 2.21. The van der Waals surface area contributed by atoms with Crippen LogP contribution in [0.5, 0.6) is 5.75 Å². The standard InChI is InChI=1S/C14H17FN2OS/c1-9(16)12-4-3-11(7-13(12)15)18-6-5-14-10(2)17-8-19-14/h3-4,7-9H,5-6,16H2,1-2H3/t9-/m0/s1. The van der Waals surface area contributed by atoms with Crippen LogP contribution in [-0.2, 0) is 6.42 Å². The number of hydrogen-bond acceptors (Lipinski definition) is 4. The van der Waals surface area contributed by atoms with Crippen LogP contribution >= 0.6 is 11.3 Å². The molecule has 3 nitrogen and oxygen atoms in total. The van der Waals surface area contributed by atoms with Crippen molar-refractivity contribution in [2.24, 2.45) is 5.73 Å². The van der Waals surface area contributed by atoms with E-state index in [1.807, 2.05) is 12.4 Å².